The number of aliphatic carboxylic acids is 1. The van der Waals surface area contributed by atoms with Crippen LogP contribution in [-0.4, -0.2) is 48.8 Å². The van der Waals surface area contributed by atoms with E-state index < -0.39 is 5.97 Å². The Kier molecular flexibility index (Phi) is 7.01. The number of hydrogen-bond acceptors (Lipinski definition) is 4. The Labute approximate surface area is 148 Å². The van der Waals surface area contributed by atoms with Crippen LogP contribution < -0.4 is 4.74 Å². The van der Waals surface area contributed by atoms with Crippen molar-refractivity contribution in [3.05, 3.63) is 41.0 Å². The number of carboxylic acid groups (broad SMARTS) is 1. The fraction of sp³-hybridized carbons (Fsp3) is 0.474. The molecule has 0 saturated carbocycles. The second kappa shape index (κ2) is 9.22. The normalized spacial score (nSPS) is 14.8. The van der Waals surface area contributed by atoms with Gasteiger partial charge in [0.2, 0.25) is 5.91 Å². The average Bonchev–Trinajstić information content (AvgIpc) is 2.84. The summed E-state index contributed by atoms with van der Waals surface area (Å²) in [5.74, 6) is -0.143. The fourth-order valence-electron chi connectivity index (χ4n) is 2.90. The number of carbonyl (C=O) groups excluding carboxylic acids is 1. The van der Waals surface area contributed by atoms with Gasteiger partial charge in [-0.05, 0) is 30.5 Å². The van der Waals surface area contributed by atoms with Gasteiger partial charge in [-0.25, -0.2) is 4.79 Å². The van der Waals surface area contributed by atoms with Crippen LogP contribution in [0.25, 0.3) is 0 Å². The molecule has 0 radical (unpaired) electrons. The van der Waals surface area contributed by atoms with Gasteiger partial charge >= 0.3 is 5.97 Å². The zero-order chi connectivity index (χ0) is 18.2. The molecule has 0 fully saturated rings. The molecule has 1 aliphatic heterocycles. The van der Waals surface area contributed by atoms with Crippen molar-refractivity contribution in [2.45, 2.75) is 32.7 Å². The highest BCUT2D eigenvalue weighted by Crippen LogP contribution is 2.21. The summed E-state index contributed by atoms with van der Waals surface area (Å²) in [5.41, 5.74) is 2.32. The van der Waals surface area contributed by atoms with E-state index in [1.54, 1.807) is 12.0 Å². The predicted octanol–water partition coefficient (Wildman–Crippen LogP) is 2.63. The summed E-state index contributed by atoms with van der Waals surface area (Å²) < 4.78 is 10.5. The smallest absolute Gasteiger partial charge is 0.331 e. The zero-order valence-corrected chi connectivity index (χ0v) is 14.8. The molecule has 2 rings (SSSR count). The Morgan fingerprint density at radius 3 is 2.48 bits per heavy atom. The Hall–Kier alpha value is -2.34. The minimum absolute atomic E-state index is 0.0295. The van der Waals surface area contributed by atoms with Crippen molar-refractivity contribution in [3.63, 3.8) is 0 Å². The van der Waals surface area contributed by atoms with Gasteiger partial charge in [-0.2, -0.15) is 0 Å². The van der Waals surface area contributed by atoms with Crippen LogP contribution in [0, 0.1) is 0 Å². The van der Waals surface area contributed by atoms with Gasteiger partial charge in [-0.3, -0.25) is 4.79 Å². The quantitative estimate of drug-likeness (QED) is 0.820. The molecule has 6 nitrogen and oxygen atoms in total. The van der Waals surface area contributed by atoms with Crippen LogP contribution in [0.3, 0.4) is 0 Å². The highest BCUT2D eigenvalue weighted by Gasteiger charge is 2.19. The van der Waals surface area contributed by atoms with E-state index in [-0.39, 0.29) is 5.91 Å². The molecular formula is C19H25NO5. The first kappa shape index (κ1) is 19.0. The van der Waals surface area contributed by atoms with Crippen LogP contribution in [-0.2, 0) is 20.9 Å². The molecule has 25 heavy (non-hydrogen) atoms. The summed E-state index contributed by atoms with van der Waals surface area (Å²) in [5, 5.41) is 9.39. The maximum atomic E-state index is 12.0. The van der Waals surface area contributed by atoms with Crippen molar-refractivity contribution < 1.29 is 24.2 Å². The molecule has 0 aliphatic carbocycles. The molecule has 136 valence electrons. The third-order valence-electron chi connectivity index (χ3n) is 4.39. The highest BCUT2D eigenvalue weighted by atomic mass is 16.5. The number of hydrogen-bond donors (Lipinski definition) is 1. The van der Waals surface area contributed by atoms with Crippen LogP contribution in [0.4, 0.5) is 0 Å². The van der Waals surface area contributed by atoms with E-state index in [1.807, 2.05) is 24.3 Å². The summed E-state index contributed by atoms with van der Waals surface area (Å²) in [6, 6.07) is 7.58. The predicted molar refractivity (Wildman–Crippen MR) is 93.4 cm³/mol. The maximum absolute atomic E-state index is 12.0. The lowest BCUT2D eigenvalue weighted by molar-refractivity contribution is -0.133. The van der Waals surface area contributed by atoms with E-state index in [0.29, 0.717) is 51.1 Å². The van der Waals surface area contributed by atoms with E-state index in [1.165, 1.54) is 6.92 Å². The number of ether oxygens (including phenoxy) is 2. The molecule has 1 aromatic carbocycles. The molecule has 1 N–H and O–H groups in total. The monoisotopic (exact) mass is 347 g/mol. The summed E-state index contributed by atoms with van der Waals surface area (Å²) in [6.07, 6.45) is 1.58. The molecule has 0 aromatic heterocycles. The van der Waals surface area contributed by atoms with Crippen LogP contribution in [0.2, 0.25) is 0 Å². The molecule has 1 heterocycles. The van der Waals surface area contributed by atoms with E-state index in [2.05, 4.69) is 0 Å². The van der Waals surface area contributed by atoms with Gasteiger partial charge in [-0.1, -0.05) is 17.7 Å². The molecule has 0 bridgehead atoms. The first-order chi connectivity index (χ1) is 12.0. The molecule has 0 unspecified atom stereocenters. The van der Waals surface area contributed by atoms with E-state index in [9.17, 15) is 14.7 Å². The lowest BCUT2D eigenvalue weighted by atomic mass is 10.00. The molecule has 1 aliphatic rings. The van der Waals surface area contributed by atoms with Crippen LogP contribution >= 0.6 is 0 Å². The molecule has 0 saturated heterocycles. The number of amides is 1. The third kappa shape index (κ3) is 5.60. The van der Waals surface area contributed by atoms with E-state index in [0.717, 1.165) is 16.9 Å². The number of rotatable bonds is 7. The van der Waals surface area contributed by atoms with Gasteiger partial charge in [0.15, 0.2) is 0 Å². The largest absolute Gasteiger partial charge is 0.497 e. The lowest BCUT2D eigenvalue weighted by Crippen LogP contribution is -2.29. The zero-order valence-electron chi connectivity index (χ0n) is 14.8. The summed E-state index contributed by atoms with van der Waals surface area (Å²) in [6.45, 7) is 3.49. The second-order valence-electron chi connectivity index (χ2n) is 6.04. The molecule has 1 aromatic rings. The SMILES string of the molecule is COc1ccc(CN(CCC2=C(C(=O)O)CCOCC2)C(C)=O)cc1. The van der Waals surface area contributed by atoms with Gasteiger partial charge in [0.25, 0.3) is 0 Å². The van der Waals surface area contributed by atoms with E-state index in [4.69, 9.17) is 9.47 Å². The van der Waals surface area contributed by atoms with Gasteiger partial charge in [0, 0.05) is 32.0 Å². The highest BCUT2D eigenvalue weighted by molar-refractivity contribution is 5.87. The van der Waals surface area contributed by atoms with Crippen molar-refractivity contribution in [1.82, 2.24) is 4.90 Å². The minimum atomic E-state index is -0.884. The standard InChI is InChI=1S/C19H25NO5/c1-14(21)20(13-15-3-5-17(24-2)6-4-15)10-7-16-8-11-25-12-9-18(16)19(22)23/h3-6H,7-13H2,1-2H3,(H,22,23). The first-order valence-electron chi connectivity index (χ1n) is 8.41. The number of carbonyl (C=O) groups is 2. The molecule has 1 amide bonds. The number of methoxy groups -OCH3 is 1. The van der Waals surface area contributed by atoms with Crippen LogP contribution in [0.15, 0.2) is 35.4 Å². The number of carboxylic acids is 1. The minimum Gasteiger partial charge on any atom is -0.497 e. The summed E-state index contributed by atoms with van der Waals surface area (Å²) in [7, 11) is 1.61. The summed E-state index contributed by atoms with van der Waals surface area (Å²) in [4.78, 5) is 25.1. The third-order valence-corrected chi connectivity index (χ3v) is 4.39. The van der Waals surface area contributed by atoms with Gasteiger partial charge in [0.1, 0.15) is 5.75 Å². The molecule has 0 spiro atoms. The first-order valence-corrected chi connectivity index (χ1v) is 8.41. The number of benzene rings is 1. The van der Waals surface area contributed by atoms with Crippen molar-refractivity contribution in [2.24, 2.45) is 0 Å². The molecular weight excluding hydrogens is 322 g/mol. The van der Waals surface area contributed by atoms with Gasteiger partial charge in [0.05, 0.1) is 20.3 Å². The Balaban J connectivity index is 2.05. The lowest BCUT2D eigenvalue weighted by Gasteiger charge is -2.22. The Morgan fingerprint density at radius 1 is 1.20 bits per heavy atom. The second-order valence-corrected chi connectivity index (χ2v) is 6.04. The van der Waals surface area contributed by atoms with Crippen molar-refractivity contribution in [1.29, 1.82) is 0 Å². The van der Waals surface area contributed by atoms with Crippen molar-refractivity contribution >= 4 is 11.9 Å². The van der Waals surface area contributed by atoms with Gasteiger partial charge < -0.3 is 19.5 Å². The maximum Gasteiger partial charge on any atom is 0.331 e. The van der Waals surface area contributed by atoms with Crippen LogP contribution in [0.1, 0.15) is 31.7 Å². The Morgan fingerprint density at radius 2 is 1.88 bits per heavy atom. The number of nitrogens with zero attached hydrogens (tertiary/aromatic N) is 1. The fourth-order valence-corrected chi connectivity index (χ4v) is 2.90. The van der Waals surface area contributed by atoms with Gasteiger partial charge in [-0.15, -0.1) is 0 Å². The van der Waals surface area contributed by atoms with Crippen molar-refractivity contribution in [2.75, 3.05) is 26.9 Å². The van der Waals surface area contributed by atoms with E-state index >= 15 is 0 Å². The Bertz CT molecular complexity index is 636. The van der Waals surface area contributed by atoms with Crippen LogP contribution in [0.5, 0.6) is 5.75 Å². The molecule has 6 heteroatoms. The topological polar surface area (TPSA) is 76.1 Å². The molecule has 0 atom stereocenters. The average molecular weight is 347 g/mol. The summed E-state index contributed by atoms with van der Waals surface area (Å²) >= 11 is 0. The van der Waals surface area contributed by atoms with Crippen molar-refractivity contribution in [3.8, 4) is 5.75 Å².